The van der Waals surface area contributed by atoms with E-state index >= 15 is 0 Å². The van der Waals surface area contributed by atoms with Crippen LogP contribution in [0.4, 0.5) is 0 Å². The molecule has 1 amide bonds. The number of aryl methyl sites for hydroxylation is 1. The molecule has 26 heavy (non-hydrogen) atoms. The van der Waals surface area contributed by atoms with Crippen molar-refractivity contribution in [3.8, 4) is 5.75 Å². The number of phenolic OH excluding ortho intramolecular Hbond substituents is 1. The number of nitrogens with one attached hydrogen (secondary N) is 3. The van der Waals surface area contributed by atoms with Crippen molar-refractivity contribution in [2.24, 2.45) is 11.0 Å². The molecule has 6 nitrogen and oxygen atoms in total. The molecular formula is C20H22N4O2. The Balaban J connectivity index is 1.47. The third kappa shape index (κ3) is 2.98. The van der Waals surface area contributed by atoms with Gasteiger partial charge in [0.2, 0.25) is 0 Å². The monoisotopic (exact) mass is 350 g/mol. The molecule has 1 aliphatic carbocycles. The van der Waals surface area contributed by atoms with E-state index in [-0.39, 0.29) is 29.7 Å². The molecule has 134 valence electrons. The van der Waals surface area contributed by atoms with Crippen LogP contribution in [-0.2, 0) is 11.2 Å². The van der Waals surface area contributed by atoms with Gasteiger partial charge in [0, 0.05) is 11.5 Å². The molecule has 1 aliphatic heterocycles. The summed E-state index contributed by atoms with van der Waals surface area (Å²) in [4.78, 5) is 12.6. The van der Waals surface area contributed by atoms with Crippen molar-refractivity contribution in [2.75, 3.05) is 0 Å². The maximum Gasteiger partial charge on any atom is 0.258 e. The molecule has 6 heteroatoms. The van der Waals surface area contributed by atoms with Crippen LogP contribution in [0.5, 0.6) is 5.75 Å². The van der Waals surface area contributed by atoms with Crippen LogP contribution in [0, 0.1) is 5.92 Å². The number of nitrogens with zero attached hydrogens (tertiary/aromatic N) is 1. The first-order chi connectivity index (χ1) is 12.6. The topological polar surface area (TPSA) is 85.8 Å². The number of hydrogen-bond acceptors (Lipinski definition) is 5. The Bertz CT molecular complexity index is 864. The van der Waals surface area contributed by atoms with E-state index in [0.717, 1.165) is 12.8 Å². The summed E-state index contributed by atoms with van der Waals surface area (Å²) >= 11 is 0. The van der Waals surface area contributed by atoms with Crippen LogP contribution in [0.1, 0.15) is 36.1 Å². The van der Waals surface area contributed by atoms with Crippen molar-refractivity contribution in [1.82, 2.24) is 16.3 Å². The number of carbonyl (C=O) groups excluding carboxylic acids is 1. The number of benzene rings is 2. The van der Waals surface area contributed by atoms with Gasteiger partial charge in [0.1, 0.15) is 11.8 Å². The zero-order valence-corrected chi connectivity index (χ0v) is 14.6. The second kappa shape index (κ2) is 6.90. The number of para-hydroxylation sites is 1. The Hall–Kier alpha value is -2.70. The van der Waals surface area contributed by atoms with E-state index < -0.39 is 0 Å². The van der Waals surface area contributed by atoms with E-state index in [0.29, 0.717) is 11.3 Å². The standard InChI is InChI=1S/C20H22N4O2/c1-12(14-7-4-5-9-17(14)25)21-24-20(26)19-16-11-10-13-6-2-3-8-15(13)18(16)22-23-19/h2-9,16,18-19,22-23,25H,10-11H2,1H3,(H,24,26)/b21-12+. The molecule has 0 bridgehead atoms. The molecule has 0 saturated carbocycles. The minimum absolute atomic E-state index is 0.138. The van der Waals surface area contributed by atoms with Gasteiger partial charge in [-0.15, -0.1) is 0 Å². The highest BCUT2D eigenvalue weighted by atomic mass is 16.3. The van der Waals surface area contributed by atoms with Gasteiger partial charge in [-0.3, -0.25) is 4.79 Å². The average Bonchev–Trinajstić information content (AvgIpc) is 3.11. The summed E-state index contributed by atoms with van der Waals surface area (Å²) in [6.45, 7) is 1.76. The Morgan fingerprint density at radius 2 is 1.92 bits per heavy atom. The van der Waals surface area contributed by atoms with Crippen molar-refractivity contribution in [1.29, 1.82) is 0 Å². The molecule has 3 unspecified atom stereocenters. The largest absolute Gasteiger partial charge is 0.507 e. The molecule has 0 aromatic heterocycles. The van der Waals surface area contributed by atoms with Crippen molar-refractivity contribution in [3.05, 3.63) is 65.2 Å². The summed E-state index contributed by atoms with van der Waals surface area (Å²) in [5.74, 6) is 0.164. The van der Waals surface area contributed by atoms with E-state index in [1.54, 1.807) is 25.1 Å². The molecule has 1 heterocycles. The summed E-state index contributed by atoms with van der Waals surface area (Å²) in [7, 11) is 0. The van der Waals surface area contributed by atoms with E-state index in [2.05, 4.69) is 39.6 Å². The van der Waals surface area contributed by atoms with Gasteiger partial charge in [-0.2, -0.15) is 5.10 Å². The molecule has 2 aliphatic rings. The van der Waals surface area contributed by atoms with Gasteiger partial charge in [-0.05, 0) is 43.0 Å². The van der Waals surface area contributed by atoms with Crippen LogP contribution < -0.4 is 16.3 Å². The van der Waals surface area contributed by atoms with E-state index in [1.165, 1.54) is 11.1 Å². The smallest absolute Gasteiger partial charge is 0.258 e. The second-order valence-electron chi connectivity index (χ2n) is 6.84. The molecule has 1 fully saturated rings. The lowest BCUT2D eigenvalue weighted by molar-refractivity contribution is -0.123. The van der Waals surface area contributed by atoms with Crippen LogP contribution in [0.25, 0.3) is 0 Å². The lowest BCUT2D eigenvalue weighted by atomic mass is 9.77. The first kappa shape index (κ1) is 16.8. The predicted molar refractivity (Wildman–Crippen MR) is 99.5 cm³/mol. The number of phenols is 1. The van der Waals surface area contributed by atoms with Gasteiger partial charge >= 0.3 is 0 Å². The molecule has 2 aromatic rings. The number of hydrogen-bond donors (Lipinski definition) is 4. The van der Waals surface area contributed by atoms with Crippen molar-refractivity contribution >= 4 is 11.6 Å². The Labute approximate surface area is 152 Å². The third-order valence-electron chi connectivity index (χ3n) is 5.30. The maximum absolute atomic E-state index is 12.6. The maximum atomic E-state index is 12.6. The van der Waals surface area contributed by atoms with Gasteiger partial charge in [-0.25, -0.2) is 16.3 Å². The molecule has 2 aromatic carbocycles. The first-order valence-electron chi connectivity index (χ1n) is 8.86. The first-order valence-corrected chi connectivity index (χ1v) is 8.86. The van der Waals surface area contributed by atoms with Gasteiger partial charge in [0.15, 0.2) is 0 Å². The number of hydrazine groups is 1. The SMILES string of the molecule is C/C(=N\NC(=O)C1NNC2c3ccccc3CCC12)c1ccccc1O. The Morgan fingerprint density at radius 3 is 2.77 bits per heavy atom. The summed E-state index contributed by atoms with van der Waals surface area (Å²) in [6.07, 6.45) is 1.92. The lowest BCUT2D eigenvalue weighted by Gasteiger charge is -2.29. The number of carbonyl (C=O) groups is 1. The van der Waals surface area contributed by atoms with E-state index in [9.17, 15) is 9.90 Å². The number of fused-ring (bicyclic) bond motifs is 3. The van der Waals surface area contributed by atoms with Gasteiger partial charge in [0.25, 0.3) is 5.91 Å². The highest BCUT2D eigenvalue weighted by molar-refractivity contribution is 6.01. The fourth-order valence-electron chi connectivity index (χ4n) is 3.92. The number of hydrazone groups is 1. The Morgan fingerprint density at radius 1 is 1.15 bits per heavy atom. The number of amides is 1. The fourth-order valence-corrected chi connectivity index (χ4v) is 3.92. The summed E-state index contributed by atoms with van der Waals surface area (Å²) in [6, 6.07) is 15.1. The predicted octanol–water partition coefficient (Wildman–Crippen LogP) is 2.01. The van der Waals surface area contributed by atoms with Crippen LogP contribution in [-0.4, -0.2) is 22.8 Å². The zero-order valence-electron chi connectivity index (χ0n) is 14.6. The molecule has 0 radical (unpaired) electrons. The fraction of sp³-hybridized carbons (Fsp3) is 0.300. The lowest BCUT2D eigenvalue weighted by Crippen LogP contribution is -2.44. The van der Waals surface area contributed by atoms with Crippen LogP contribution >= 0.6 is 0 Å². The zero-order chi connectivity index (χ0) is 18.1. The minimum atomic E-state index is -0.339. The quantitative estimate of drug-likeness (QED) is 0.504. The third-order valence-corrected chi connectivity index (χ3v) is 5.30. The van der Waals surface area contributed by atoms with Gasteiger partial charge in [-0.1, -0.05) is 36.4 Å². The van der Waals surface area contributed by atoms with Crippen LogP contribution in [0.3, 0.4) is 0 Å². The van der Waals surface area contributed by atoms with Crippen molar-refractivity contribution < 1.29 is 9.90 Å². The number of rotatable bonds is 3. The van der Waals surface area contributed by atoms with Gasteiger partial charge < -0.3 is 5.11 Å². The molecule has 1 saturated heterocycles. The second-order valence-corrected chi connectivity index (χ2v) is 6.84. The summed E-state index contributed by atoms with van der Waals surface area (Å²) in [5.41, 5.74) is 12.8. The molecule has 4 N–H and O–H groups in total. The summed E-state index contributed by atoms with van der Waals surface area (Å²) < 4.78 is 0. The number of aromatic hydroxyl groups is 1. The van der Waals surface area contributed by atoms with Crippen LogP contribution in [0.2, 0.25) is 0 Å². The minimum Gasteiger partial charge on any atom is -0.507 e. The normalized spacial score (nSPS) is 24.7. The molecule has 0 spiro atoms. The van der Waals surface area contributed by atoms with Crippen molar-refractivity contribution in [3.63, 3.8) is 0 Å². The average molecular weight is 350 g/mol. The van der Waals surface area contributed by atoms with E-state index in [4.69, 9.17) is 0 Å². The van der Waals surface area contributed by atoms with Crippen LogP contribution in [0.15, 0.2) is 53.6 Å². The Kier molecular flexibility index (Phi) is 4.44. The molecule has 4 rings (SSSR count). The summed E-state index contributed by atoms with van der Waals surface area (Å²) in [5, 5.41) is 14.1. The van der Waals surface area contributed by atoms with Crippen molar-refractivity contribution in [2.45, 2.75) is 31.8 Å². The highest BCUT2D eigenvalue weighted by Gasteiger charge is 2.43. The van der Waals surface area contributed by atoms with E-state index in [1.807, 2.05) is 12.1 Å². The van der Waals surface area contributed by atoms with Gasteiger partial charge in [0.05, 0.1) is 11.8 Å². The highest BCUT2D eigenvalue weighted by Crippen LogP contribution is 2.38. The molecule has 3 atom stereocenters. The molecular weight excluding hydrogens is 328 g/mol.